The third-order valence-corrected chi connectivity index (χ3v) is 8.40. The minimum atomic E-state index is -0.0102. The summed E-state index contributed by atoms with van der Waals surface area (Å²) in [5, 5.41) is 19.9. The van der Waals surface area contributed by atoms with Crippen molar-refractivity contribution in [2.45, 2.75) is 50.0 Å². The molecule has 1 amide bonds. The van der Waals surface area contributed by atoms with Gasteiger partial charge in [-0.2, -0.15) is 0 Å². The second-order valence-electron chi connectivity index (χ2n) is 10.7. The molecule has 0 unspecified atom stereocenters. The summed E-state index contributed by atoms with van der Waals surface area (Å²) < 4.78 is 0. The van der Waals surface area contributed by atoms with Crippen LogP contribution in [0.15, 0.2) is 54.6 Å². The highest BCUT2D eigenvalue weighted by Crippen LogP contribution is 2.50. The molecule has 5 heteroatoms. The van der Waals surface area contributed by atoms with Crippen LogP contribution in [-0.4, -0.2) is 58.6 Å². The van der Waals surface area contributed by atoms with Gasteiger partial charge in [0.2, 0.25) is 5.91 Å². The van der Waals surface area contributed by atoms with E-state index in [1.54, 1.807) is 36.4 Å². The Kier molecular flexibility index (Phi) is 6.39. The first-order valence-corrected chi connectivity index (χ1v) is 12.7. The lowest BCUT2D eigenvalue weighted by molar-refractivity contribution is -0.128. The molecular formula is C29H36N2O3. The molecule has 5 nitrogen and oxygen atoms in total. The lowest BCUT2D eigenvalue weighted by Crippen LogP contribution is -2.56. The van der Waals surface area contributed by atoms with E-state index in [1.807, 2.05) is 30.1 Å². The number of carbonyl (C=O) groups excluding carboxylic acids is 1. The fourth-order valence-electron chi connectivity index (χ4n) is 6.26. The minimum Gasteiger partial charge on any atom is -0.508 e. The molecule has 0 radical (unpaired) electrons. The number of likely N-dealkylation sites (tertiary alicyclic amines) is 1. The van der Waals surface area contributed by atoms with Crippen molar-refractivity contribution in [3.8, 4) is 11.5 Å². The van der Waals surface area contributed by atoms with Crippen LogP contribution in [0.1, 0.15) is 49.7 Å². The summed E-state index contributed by atoms with van der Waals surface area (Å²) >= 11 is 0. The van der Waals surface area contributed by atoms with E-state index in [1.165, 1.54) is 24.9 Å². The van der Waals surface area contributed by atoms with Crippen molar-refractivity contribution < 1.29 is 15.0 Å². The Bertz CT molecular complexity index is 1060. The average Bonchev–Trinajstić information content (AvgIpc) is 3.66. The van der Waals surface area contributed by atoms with E-state index in [2.05, 4.69) is 11.0 Å². The van der Waals surface area contributed by atoms with Gasteiger partial charge >= 0.3 is 0 Å². The van der Waals surface area contributed by atoms with Crippen molar-refractivity contribution in [1.29, 1.82) is 0 Å². The number of nitrogens with zero attached hydrogens (tertiary/aromatic N) is 2. The van der Waals surface area contributed by atoms with Crippen LogP contribution in [0.2, 0.25) is 0 Å². The van der Waals surface area contributed by atoms with Gasteiger partial charge in [0.25, 0.3) is 0 Å². The number of hydrogen-bond acceptors (Lipinski definition) is 4. The molecule has 1 saturated heterocycles. The third-order valence-electron chi connectivity index (χ3n) is 8.40. The van der Waals surface area contributed by atoms with Crippen molar-refractivity contribution in [2.24, 2.45) is 11.8 Å². The highest BCUT2D eigenvalue weighted by molar-refractivity contribution is 5.91. The molecule has 2 saturated carbocycles. The van der Waals surface area contributed by atoms with E-state index < -0.39 is 0 Å². The van der Waals surface area contributed by atoms with E-state index >= 15 is 0 Å². The third kappa shape index (κ3) is 4.85. The van der Waals surface area contributed by atoms with Crippen LogP contribution in [0.4, 0.5) is 0 Å². The number of likely N-dealkylation sites (N-methyl/N-ethyl adjacent to an activating group) is 1. The van der Waals surface area contributed by atoms with Crippen LogP contribution in [0.3, 0.4) is 0 Å². The second kappa shape index (κ2) is 9.46. The van der Waals surface area contributed by atoms with Crippen molar-refractivity contribution in [2.75, 3.05) is 26.7 Å². The lowest BCUT2D eigenvalue weighted by Gasteiger charge is -2.54. The molecular weight excluding hydrogens is 424 g/mol. The van der Waals surface area contributed by atoms with E-state index in [9.17, 15) is 15.0 Å². The van der Waals surface area contributed by atoms with Gasteiger partial charge in [-0.25, -0.2) is 0 Å². The molecule has 3 atom stereocenters. The molecule has 0 bridgehead atoms. The zero-order valence-electron chi connectivity index (χ0n) is 20.1. The SMILES string of the molecule is CN(C(=O)C=Cc1cccc(O)c1)[C@H]1CC[C@@H]2CN(CC3CC3)CC[C@@]2(c2cccc(O)c2)C1. The average molecular weight is 461 g/mol. The van der Waals surface area contributed by atoms with Crippen molar-refractivity contribution in [3.63, 3.8) is 0 Å². The smallest absolute Gasteiger partial charge is 0.246 e. The highest BCUT2D eigenvalue weighted by atomic mass is 16.3. The number of carbonyl (C=O) groups is 1. The first-order chi connectivity index (χ1) is 16.4. The van der Waals surface area contributed by atoms with Gasteiger partial charge in [-0.15, -0.1) is 0 Å². The van der Waals surface area contributed by atoms with Gasteiger partial charge in [0, 0.05) is 37.7 Å². The molecule has 2 aliphatic carbocycles. The first kappa shape index (κ1) is 23.0. The molecule has 3 fully saturated rings. The molecule has 0 aromatic heterocycles. The molecule has 2 aromatic rings. The summed E-state index contributed by atoms with van der Waals surface area (Å²) in [6.45, 7) is 3.44. The summed E-state index contributed by atoms with van der Waals surface area (Å²) in [4.78, 5) is 17.6. The Morgan fingerprint density at radius 3 is 2.59 bits per heavy atom. The number of rotatable bonds is 6. The molecule has 5 rings (SSSR count). The fraction of sp³-hybridized carbons (Fsp3) is 0.483. The largest absolute Gasteiger partial charge is 0.508 e. The summed E-state index contributed by atoms with van der Waals surface area (Å²) in [5.74, 6) is 1.95. The number of amides is 1. The van der Waals surface area contributed by atoms with Crippen molar-refractivity contribution >= 4 is 12.0 Å². The van der Waals surface area contributed by atoms with Gasteiger partial charge in [-0.05, 0) is 98.4 Å². The van der Waals surface area contributed by atoms with Crippen LogP contribution >= 0.6 is 0 Å². The summed E-state index contributed by atoms with van der Waals surface area (Å²) in [5.41, 5.74) is 2.03. The van der Waals surface area contributed by atoms with E-state index in [0.717, 1.165) is 50.3 Å². The standard InChI is InChI=1S/C29H36N2O3/c1-30(28(34)13-10-21-4-2-6-26(32)16-21)25-12-11-24-20-31(19-22-8-9-22)15-14-29(24,18-25)23-5-3-7-27(33)17-23/h2-7,10,13,16-17,22,24-25,32-33H,8-9,11-12,14-15,18-20H2,1H3/t24-,25+,29+/m1/s1. The zero-order chi connectivity index (χ0) is 23.7. The van der Waals surface area contributed by atoms with Gasteiger partial charge in [0.1, 0.15) is 11.5 Å². The van der Waals surface area contributed by atoms with Gasteiger partial charge in [-0.1, -0.05) is 24.3 Å². The lowest BCUT2D eigenvalue weighted by atomic mass is 9.57. The van der Waals surface area contributed by atoms with Crippen LogP contribution < -0.4 is 0 Å². The Hall–Kier alpha value is -2.79. The van der Waals surface area contributed by atoms with Gasteiger partial charge in [0.05, 0.1) is 0 Å². The van der Waals surface area contributed by atoms with Crippen LogP contribution in [0.25, 0.3) is 6.08 Å². The topological polar surface area (TPSA) is 64.0 Å². The molecule has 0 spiro atoms. The number of phenolic OH excluding ortho intramolecular Hbond substituents is 2. The van der Waals surface area contributed by atoms with Gasteiger partial charge in [-0.3, -0.25) is 4.79 Å². The minimum absolute atomic E-state index is 0.00875. The normalized spacial score (nSPS) is 27.4. The van der Waals surface area contributed by atoms with Crippen molar-refractivity contribution in [1.82, 2.24) is 9.80 Å². The summed E-state index contributed by atoms with van der Waals surface area (Å²) in [6.07, 6.45) is 10.2. The summed E-state index contributed by atoms with van der Waals surface area (Å²) in [7, 11) is 1.92. The summed E-state index contributed by atoms with van der Waals surface area (Å²) in [6, 6.07) is 14.9. The van der Waals surface area contributed by atoms with Crippen molar-refractivity contribution in [3.05, 3.63) is 65.7 Å². The quantitative estimate of drug-likeness (QED) is 0.609. The second-order valence-corrected chi connectivity index (χ2v) is 10.7. The highest BCUT2D eigenvalue weighted by Gasteiger charge is 2.49. The predicted octanol–water partition coefficient (Wildman–Crippen LogP) is 4.79. The number of aromatic hydroxyl groups is 2. The number of hydrogen-bond donors (Lipinski definition) is 2. The maximum absolute atomic E-state index is 13.1. The number of fused-ring (bicyclic) bond motifs is 1. The maximum Gasteiger partial charge on any atom is 0.246 e. The Morgan fingerprint density at radius 2 is 1.85 bits per heavy atom. The Labute approximate surface area is 202 Å². The van der Waals surface area contributed by atoms with Crippen LogP contribution in [-0.2, 0) is 10.2 Å². The first-order valence-electron chi connectivity index (χ1n) is 12.7. The Morgan fingerprint density at radius 1 is 1.09 bits per heavy atom. The van der Waals surface area contributed by atoms with E-state index in [4.69, 9.17) is 0 Å². The number of phenols is 2. The zero-order valence-corrected chi connectivity index (χ0v) is 20.1. The monoisotopic (exact) mass is 460 g/mol. The maximum atomic E-state index is 13.1. The van der Waals surface area contributed by atoms with Crippen LogP contribution in [0.5, 0.6) is 11.5 Å². The van der Waals surface area contributed by atoms with Gasteiger partial charge < -0.3 is 20.0 Å². The number of benzene rings is 2. The molecule has 1 aliphatic heterocycles. The van der Waals surface area contributed by atoms with Crippen LogP contribution in [0, 0.1) is 11.8 Å². The molecule has 2 aromatic carbocycles. The molecule has 2 N–H and O–H groups in total. The Balaban J connectivity index is 1.34. The molecule has 34 heavy (non-hydrogen) atoms. The fourth-order valence-corrected chi connectivity index (χ4v) is 6.26. The predicted molar refractivity (Wildman–Crippen MR) is 135 cm³/mol. The molecule has 3 aliphatic rings. The van der Waals surface area contributed by atoms with E-state index in [0.29, 0.717) is 11.7 Å². The molecule has 1 heterocycles. The van der Waals surface area contributed by atoms with E-state index in [-0.39, 0.29) is 23.1 Å². The molecule has 180 valence electrons. The number of piperidine rings is 1. The van der Waals surface area contributed by atoms with Gasteiger partial charge in [0.15, 0.2) is 0 Å².